The van der Waals surface area contributed by atoms with Crippen molar-refractivity contribution in [2.45, 2.75) is 0 Å². The minimum Gasteiger partial charge on any atom is -0.397 e. The molecule has 0 radical (unpaired) electrons. The van der Waals surface area contributed by atoms with E-state index in [0.717, 1.165) is 11.4 Å². The Morgan fingerprint density at radius 2 is 2.25 bits per heavy atom. The van der Waals surface area contributed by atoms with Crippen LogP contribution in [0.5, 0.6) is 0 Å². The van der Waals surface area contributed by atoms with Crippen molar-refractivity contribution in [1.29, 1.82) is 0 Å². The van der Waals surface area contributed by atoms with E-state index in [-0.39, 0.29) is 0 Å². The molecule has 0 aliphatic carbocycles. The summed E-state index contributed by atoms with van der Waals surface area (Å²) < 4.78 is 0. The topological polar surface area (TPSA) is 67.6 Å². The van der Waals surface area contributed by atoms with Crippen molar-refractivity contribution in [3.8, 4) is 11.4 Å². The number of nitrogen functional groups attached to an aromatic ring is 1. The normalized spacial score (nSPS) is 10.0. The van der Waals surface area contributed by atoms with Gasteiger partial charge in [0.2, 0.25) is 0 Å². The molecule has 3 N–H and O–H groups in total. The lowest BCUT2D eigenvalue weighted by Gasteiger charge is -1.99. The summed E-state index contributed by atoms with van der Waals surface area (Å²) >= 11 is 0. The Balaban J connectivity index is 2.55. The third-order valence-corrected chi connectivity index (χ3v) is 1.61. The molecule has 4 nitrogen and oxygen atoms in total. The average molecular weight is 160 g/mol. The van der Waals surface area contributed by atoms with E-state index >= 15 is 0 Å². The maximum absolute atomic E-state index is 5.69. The van der Waals surface area contributed by atoms with Crippen molar-refractivity contribution >= 4 is 5.69 Å². The molecule has 2 rings (SSSR count). The highest BCUT2D eigenvalue weighted by atomic mass is 14.9. The smallest absolute Gasteiger partial charge is 0.139 e. The number of hydrogen-bond donors (Lipinski definition) is 2. The lowest BCUT2D eigenvalue weighted by molar-refractivity contribution is 1.27. The molecule has 0 aliphatic rings. The summed E-state index contributed by atoms with van der Waals surface area (Å²) in [5.41, 5.74) is 7.21. The molecular weight excluding hydrogens is 152 g/mol. The monoisotopic (exact) mass is 160 g/mol. The maximum atomic E-state index is 5.69. The van der Waals surface area contributed by atoms with Crippen LogP contribution in [0.3, 0.4) is 0 Å². The zero-order chi connectivity index (χ0) is 8.39. The number of nitrogens with one attached hydrogen (secondary N) is 1. The standard InChI is InChI=1S/C8H8N4/c9-7-5-10-2-1-6(7)8-11-3-4-12-8/h1-5H,9H2,(H,11,12). The summed E-state index contributed by atoms with van der Waals surface area (Å²) in [4.78, 5) is 10.9. The predicted octanol–water partition coefficient (Wildman–Crippen LogP) is 1.05. The Morgan fingerprint density at radius 3 is 2.92 bits per heavy atom. The van der Waals surface area contributed by atoms with Gasteiger partial charge in [-0.05, 0) is 6.07 Å². The number of aromatic amines is 1. The molecule has 0 saturated heterocycles. The molecule has 2 aromatic rings. The molecule has 4 heteroatoms. The largest absolute Gasteiger partial charge is 0.397 e. The fourth-order valence-electron chi connectivity index (χ4n) is 1.03. The maximum Gasteiger partial charge on any atom is 0.139 e. The average Bonchev–Trinajstić information content (AvgIpc) is 2.57. The van der Waals surface area contributed by atoms with Crippen LogP contribution >= 0.6 is 0 Å². The molecule has 60 valence electrons. The van der Waals surface area contributed by atoms with Gasteiger partial charge in [0.15, 0.2) is 0 Å². The Bertz CT molecular complexity index is 366. The lowest BCUT2D eigenvalue weighted by atomic mass is 10.2. The molecular formula is C8H8N4. The van der Waals surface area contributed by atoms with Gasteiger partial charge in [0.05, 0.1) is 11.9 Å². The molecule has 0 aliphatic heterocycles. The second kappa shape index (κ2) is 2.65. The summed E-state index contributed by atoms with van der Waals surface area (Å²) in [5, 5.41) is 0. The minimum atomic E-state index is 0.632. The summed E-state index contributed by atoms with van der Waals surface area (Å²) in [7, 11) is 0. The summed E-state index contributed by atoms with van der Waals surface area (Å²) in [6.45, 7) is 0. The van der Waals surface area contributed by atoms with Gasteiger partial charge in [0, 0.05) is 24.2 Å². The third-order valence-electron chi connectivity index (χ3n) is 1.61. The fraction of sp³-hybridized carbons (Fsp3) is 0. The van der Waals surface area contributed by atoms with Crippen molar-refractivity contribution in [1.82, 2.24) is 15.0 Å². The van der Waals surface area contributed by atoms with E-state index in [9.17, 15) is 0 Å². The van der Waals surface area contributed by atoms with Gasteiger partial charge < -0.3 is 10.7 Å². The highest BCUT2D eigenvalue weighted by Crippen LogP contribution is 2.19. The van der Waals surface area contributed by atoms with Crippen LogP contribution in [0, 0.1) is 0 Å². The summed E-state index contributed by atoms with van der Waals surface area (Å²) in [6.07, 6.45) is 6.75. The molecule has 0 unspecified atom stereocenters. The quantitative estimate of drug-likeness (QED) is 0.655. The van der Waals surface area contributed by atoms with Crippen LogP contribution in [0.15, 0.2) is 30.9 Å². The lowest BCUT2D eigenvalue weighted by Crippen LogP contribution is -1.91. The van der Waals surface area contributed by atoms with Gasteiger partial charge in [-0.2, -0.15) is 0 Å². The Hall–Kier alpha value is -1.84. The molecule has 0 saturated carbocycles. The molecule has 0 spiro atoms. The Kier molecular flexibility index (Phi) is 1.51. The van der Waals surface area contributed by atoms with E-state index in [2.05, 4.69) is 15.0 Å². The molecule has 2 heterocycles. The van der Waals surface area contributed by atoms with Crippen LogP contribution in [0.25, 0.3) is 11.4 Å². The molecule has 0 bridgehead atoms. The van der Waals surface area contributed by atoms with E-state index < -0.39 is 0 Å². The number of pyridine rings is 1. The number of rotatable bonds is 1. The Morgan fingerprint density at radius 1 is 1.33 bits per heavy atom. The highest BCUT2D eigenvalue weighted by Gasteiger charge is 2.02. The first-order chi connectivity index (χ1) is 5.88. The van der Waals surface area contributed by atoms with E-state index in [1.54, 1.807) is 24.8 Å². The number of nitrogens with two attached hydrogens (primary N) is 1. The number of nitrogens with zero attached hydrogens (tertiary/aromatic N) is 2. The van der Waals surface area contributed by atoms with Gasteiger partial charge in [-0.25, -0.2) is 4.98 Å². The van der Waals surface area contributed by atoms with Crippen LogP contribution in [-0.2, 0) is 0 Å². The van der Waals surface area contributed by atoms with Gasteiger partial charge in [0.1, 0.15) is 5.82 Å². The second-order valence-electron chi connectivity index (χ2n) is 2.40. The molecule has 12 heavy (non-hydrogen) atoms. The SMILES string of the molecule is Nc1cnccc1-c1ncc[nH]1. The van der Waals surface area contributed by atoms with Crippen molar-refractivity contribution in [3.63, 3.8) is 0 Å². The molecule has 0 amide bonds. The zero-order valence-corrected chi connectivity index (χ0v) is 6.36. The van der Waals surface area contributed by atoms with Crippen LogP contribution in [0.1, 0.15) is 0 Å². The third kappa shape index (κ3) is 1.03. The number of hydrogen-bond acceptors (Lipinski definition) is 3. The second-order valence-corrected chi connectivity index (χ2v) is 2.40. The van der Waals surface area contributed by atoms with E-state index in [1.165, 1.54) is 0 Å². The highest BCUT2D eigenvalue weighted by molar-refractivity contribution is 5.69. The van der Waals surface area contributed by atoms with Crippen molar-refractivity contribution in [2.75, 3.05) is 5.73 Å². The molecule has 2 aromatic heterocycles. The van der Waals surface area contributed by atoms with E-state index in [1.807, 2.05) is 6.07 Å². The number of H-pyrrole nitrogens is 1. The molecule has 0 aromatic carbocycles. The Labute approximate surface area is 69.5 Å². The van der Waals surface area contributed by atoms with E-state index in [4.69, 9.17) is 5.73 Å². The van der Waals surface area contributed by atoms with Crippen molar-refractivity contribution in [3.05, 3.63) is 30.9 Å². The van der Waals surface area contributed by atoms with Gasteiger partial charge >= 0.3 is 0 Å². The van der Waals surface area contributed by atoms with Crippen LogP contribution in [0.2, 0.25) is 0 Å². The zero-order valence-electron chi connectivity index (χ0n) is 6.36. The summed E-state index contributed by atoms with van der Waals surface area (Å²) in [5.74, 6) is 0.773. The molecule has 0 atom stereocenters. The number of anilines is 1. The van der Waals surface area contributed by atoms with Crippen molar-refractivity contribution in [2.24, 2.45) is 0 Å². The first-order valence-electron chi connectivity index (χ1n) is 3.57. The minimum absolute atomic E-state index is 0.632. The predicted molar refractivity (Wildman–Crippen MR) is 46.2 cm³/mol. The first-order valence-corrected chi connectivity index (χ1v) is 3.57. The molecule has 0 fully saturated rings. The van der Waals surface area contributed by atoms with E-state index in [0.29, 0.717) is 5.69 Å². The van der Waals surface area contributed by atoms with Crippen molar-refractivity contribution < 1.29 is 0 Å². The van der Waals surface area contributed by atoms with Crippen LogP contribution in [0.4, 0.5) is 5.69 Å². The first kappa shape index (κ1) is 6.84. The van der Waals surface area contributed by atoms with Gasteiger partial charge in [-0.3, -0.25) is 4.98 Å². The van der Waals surface area contributed by atoms with Gasteiger partial charge in [-0.1, -0.05) is 0 Å². The number of aromatic nitrogens is 3. The summed E-state index contributed by atoms with van der Waals surface area (Å²) in [6, 6.07) is 1.83. The fourth-order valence-corrected chi connectivity index (χ4v) is 1.03. The van der Waals surface area contributed by atoms with Crippen LogP contribution in [-0.4, -0.2) is 15.0 Å². The van der Waals surface area contributed by atoms with Gasteiger partial charge in [0.25, 0.3) is 0 Å². The number of imidazole rings is 1. The van der Waals surface area contributed by atoms with Gasteiger partial charge in [-0.15, -0.1) is 0 Å². The van der Waals surface area contributed by atoms with Crippen LogP contribution < -0.4 is 5.73 Å².